The summed E-state index contributed by atoms with van der Waals surface area (Å²) in [5.74, 6) is 0.247. The highest BCUT2D eigenvalue weighted by Gasteiger charge is 2.12. The molecule has 0 aliphatic heterocycles. The molecule has 0 amide bonds. The summed E-state index contributed by atoms with van der Waals surface area (Å²) in [6.45, 7) is 5.68. The van der Waals surface area contributed by atoms with E-state index in [1.54, 1.807) is 18.2 Å². The molecule has 0 fully saturated rings. The van der Waals surface area contributed by atoms with E-state index in [4.69, 9.17) is 4.42 Å². The van der Waals surface area contributed by atoms with E-state index in [-0.39, 0.29) is 5.82 Å². The van der Waals surface area contributed by atoms with Crippen molar-refractivity contribution in [1.82, 2.24) is 0 Å². The highest BCUT2D eigenvalue weighted by molar-refractivity contribution is 5.77. The Morgan fingerprint density at radius 2 is 2.07 bits per heavy atom. The van der Waals surface area contributed by atoms with Crippen molar-refractivity contribution < 1.29 is 8.81 Å². The maximum Gasteiger partial charge on any atom is 0.137 e. The first kappa shape index (κ1) is 9.71. The lowest BCUT2D eigenvalue weighted by atomic mass is 10.00. The molecule has 1 aromatic carbocycles. The van der Waals surface area contributed by atoms with Gasteiger partial charge in [-0.25, -0.2) is 4.39 Å². The van der Waals surface area contributed by atoms with E-state index in [9.17, 15) is 4.39 Å². The Bertz CT molecular complexity index is 483. The largest absolute Gasteiger partial charge is 0.464 e. The van der Waals surface area contributed by atoms with Crippen LogP contribution in [0.4, 0.5) is 4.39 Å². The molecule has 76 valence electrons. The van der Waals surface area contributed by atoms with Crippen molar-refractivity contribution in [2.45, 2.75) is 6.92 Å². The molecular formula is C13H11FO. The average Bonchev–Trinajstić information content (AvgIpc) is 2.70. The SMILES string of the molecule is C=C(C)c1cccc(F)c1-c1ccco1. The van der Waals surface area contributed by atoms with Crippen molar-refractivity contribution >= 4 is 5.57 Å². The van der Waals surface area contributed by atoms with Gasteiger partial charge >= 0.3 is 0 Å². The van der Waals surface area contributed by atoms with E-state index in [1.165, 1.54) is 12.3 Å². The predicted molar refractivity (Wildman–Crippen MR) is 58.8 cm³/mol. The first-order valence-corrected chi connectivity index (χ1v) is 4.68. The quantitative estimate of drug-likeness (QED) is 0.714. The number of allylic oxidation sites excluding steroid dienone is 1. The first-order chi connectivity index (χ1) is 7.20. The van der Waals surface area contributed by atoms with E-state index in [2.05, 4.69) is 6.58 Å². The van der Waals surface area contributed by atoms with E-state index < -0.39 is 0 Å². The van der Waals surface area contributed by atoms with Gasteiger partial charge in [-0.1, -0.05) is 24.3 Å². The van der Waals surface area contributed by atoms with Gasteiger partial charge in [-0.2, -0.15) is 0 Å². The molecule has 0 unspecified atom stereocenters. The molecule has 1 heterocycles. The van der Waals surface area contributed by atoms with Gasteiger partial charge in [0.05, 0.1) is 11.8 Å². The van der Waals surface area contributed by atoms with Crippen LogP contribution in [0.3, 0.4) is 0 Å². The van der Waals surface area contributed by atoms with Gasteiger partial charge in [0, 0.05) is 0 Å². The van der Waals surface area contributed by atoms with Gasteiger partial charge in [0.25, 0.3) is 0 Å². The normalized spacial score (nSPS) is 10.3. The van der Waals surface area contributed by atoms with Gasteiger partial charge in [0.15, 0.2) is 0 Å². The summed E-state index contributed by atoms with van der Waals surface area (Å²) in [6.07, 6.45) is 1.53. The second-order valence-electron chi connectivity index (χ2n) is 3.42. The number of halogens is 1. The summed E-state index contributed by atoms with van der Waals surface area (Å²) < 4.78 is 18.9. The molecule has 2 rings (SSSR count). The van der Waals surface area contributed by atoms with E-state index in [0.717, 1.165) is 11.1 Å². The summed E-state index contributed by atoms with van der Waals surface area (Å²) in [7, 11) is 0. The van der Waals surface area contributed by atoms with Crippen LogP contribution in [0.5, 0.6) is 0 Å². The molecule has 0 spiro atoms. The Kier molecular flexibility index (Phi) is 2.42. The van der Waals surface area contributed by atoms with Crippen LogP contribution >= 0.6 is 0 Å². The lowest BCUT2D eigenvalue weighted by molar-refractivity contribution is 0.569. The standard InChI is InChI=1S/C13H11FO/c1-9(2)10-5-3-6-11(14)13(10)12-7-4-8-15-12/h3-8H,1H2,2H3. The van der Waals surface area contributed by atoms with Crippen LogP contribution in [-0.2, 0) is 0 Å². The molecule has 15 heavy (non-hydrogen) atoms. The van der Waals surface area contributed by atoms with Crippen molar-refractivity contribution in [3.05, 3.63) is 54.6 Å². The zero-order valence-corrected chi connectivity index (χ0v) is 8.46. The highest BCUT2D eigenvalue weighted by atomic mass is 19.1. The van der Waals surface area contributed by atoms with Crippen LogP contribution < -0.4 is 0 Å². The monoisotopic (exact) mass is 202 g/mol. The molecule has 0 N–H and O–H groups in total. The van der Waals surface area contributed by atoms with Crippen molar-refractivity contribution in [1.29, 1.82) is 0 Å². The van der Waals surface area contributed by atoms with Gasteiger partial charge in [-0.3, -0.25) is 0 Å². The van der Waals surface area contributed by atoms with Crippen LogP contribution in [0.15, 0.2) is 47.6 Å². The van der Waals surface area contributed by atoms with Gasteiger partial charge in [0.1, 0.15) is 11.6 Å². The molecule has 0 aliphatic rings. The molecule has 0 atom stereocenters. The maximum atomic E-state index is 13.7. The van der Waals surface area contributed by atoms with Gasteiger partial charge < -0.3 is 4.42 Å². The highest BCUT2D eigenvalue weighted by Crippen LogP contribution is 2.30. The van der Waals surface area contributed by atoms with E-state index >= 15 is 0 Å². The second kappa shape index (κ2) is 3.73. The smallest absolute Gasteiger partial charge is 0.137 e. The average molecular weight is 202 g/mol. The van der Waals surface area contributed by atoms with Crippen LogP contribution in [0.25, 0.3) is 16.9 Å². The number of hydrogen-bond acceptors (Lipinski definition) is 1. The second-order valence-corrected chi connectivity index (χ2v) is 3.42. The fourth-order valence-electron chi connectivity index (χ4n) is 1.55. The molecule has 1 aromatic heterocycles. The number of benzene rings is 1. The Hall–Kier alpha value is -1.83. The van der Waals surface area contributed by atoms with Crippen LogP contribution in [-0.4, -0.2) is 0 Å². The zero-order chi connectivity index (χ0) is 10.8. The fraction of sp³-hybridized carbons (Fsp3) is 0.0769. The summed E-state index contributed by atoms with van der Waals surface area (Å²) in [4.78, 5) is 0. The van der Waals surface area contributed by atoms with Crippen molar-refractivity contribution in [3.8, 4) is 11.3 Å². The maximum absolute atomic E-state index is 13.7. The molecule has 2 heteroatoms. The van der Waals surface area contributed by atoms with Crippen molar-refractivity contribution in [2.24, 2.45) is 0 Å². The summed E-state index contributed by atoms with van der Waals surface area (Å²) >= 11 is 0. The first-order valence-electron chi connectivity index (χ1n) is 4.68. The summed E-state index contributed by atoms with van der Waals surface area (Å²) in [5.41, 5.74) is 2.08. The number of hydrogen-bond donors (Lipinski definition) is 0. The molecular weight excluding hydrogens is 191 g/mol. The molecule has 0 saturated carbocycles. The topological polar surface area (TPSA) is 13.1 Å². The van der Waals surface area contributed by atoms with E-state index in [0.29, 0.717) is 11.3 Å². The van der Waals surface area contributed by atoms with Gasteiger partial charge in [-0.05, 0) is 30.7 Å². The predicted octanol–water partition coefficient (Wildman–Crippen LogP) is 4.12. The van der Waals surface area contributed by atoms with Gasteiger partial charge in [-0.15, -0.1) is 0 Å². The summed E-state index contributed by atoms with van der Waals surface area (Å²) in [6, 6.07) is 8.41. The Morgan fingerprint density at radius 3 is 2.67 bits per heavy atom. The minimum Gasteiger partial charge on any atom is -0.464 e. The number of furan rings is 1. The van der Waals surface area contributed by atoms with Crippen LogP contribution in [0.2, 0.25) is 0 Å². The lowest BCUT2D eigenvalue weighted by Crippen LogP contribution is -1.89. The lowest BCUT2D eigenvalue weighted by Gasteiger charge is -2.07. The number of rotatable bonds is 2. The minimum atomic E-state index is -0.287. The third kappa shape index (κ3) is 1.71. The van der Waals surface area contributed by atoms with Gasteiger partial charge in [0.2, 0.25) is 0 Å². The summed E-state index contributed by atoms with van der Waals surface area (Å²) in [5, 5.41) is 0. The zero-order valence-electron chi connectivity index (χ0n) is 8.46. The van der Waals surface area contributed by atoms with Crippen molar-refractivity contribution in [3.63, 3.8) is 0 Å². The molecule has 0 bridgehead atoms. The van der Waals surface area contributed by atoms with Crippen LogP contribution in [0.1, 0.15) is 12.5 Å². The molecule has 0 radical (unpaired) electrons. The van der Waals surface area contributed by atoms with E-state index in [1.807, 2.05) is 13.0 Å². The Morgan fingerprint density at radius 1 is 1.27 bits per heavy atom. The third-order valence-electron chi connectivity index (χ3n) is 2.24. The Balaban J connectivity index is 2.68. The minimum absolute atomic E-state index is 0.287. The molecule has 1 nitrogen and oxygen atoms in total. The molecule has 0 saturated heterocycles. The Labute approximate surface area is 87.9 Å². The fourth-order valence-corrected chi connectivity index (χ4v) is 1.55. The molecule has 2 aromatic rings. The molecule has 0 aliphatic carbocycles. The van der Waals surface area contributed by atoms with Crippen LogP contribution in [0, 0.1) is 5.82 Å². The third-order valence-corrected chi connectivity index (χ3v) is 2.24. The van der Waals surface area contributed by atoms with Crippen molar-refractivity contribution in [2.75, 3.05) is 0 Å².